The highest BCUT2D eigenvalue weighted by atomic mass is 127. The minimum Gasteiger partial charge on any atom is -0.352 e. The number of guanidine groups is 1. The number of aliphatic imine (C=N–C) groups is 1. The molecular weight excluding hydrogens is 529 g/mol. The predicted octanol–water partition coefficient (Wildman–Crippen LogP) is 3.68. The Labute approximate surface area is 181 Å². The largest absolute Gasteiger partial charge is 0.352 e. The van der Waals surface area contributed by atoms with Gasteiger partial charge in [0.2, 0.25) is 0 Å². The van der Waals surface area contributed by atoms with Crippen molar-refractivity contribution in [3.63, 3.8) is 0 Å². The molecule has 0 saturated carbocycles. The minimum absolute atomic E-state index is 0. The van der Waals surface area contributed by atoms with E-state index in [9.17, 15) is 8.42 Å². The molecule has 0 aliphatic rings. The number of hydrogen-bond acceptors (Lipinski definition) is 3. The molecule has 1 N–H and O–H groups in total. The summed E-state index contributed by atoms with van der Waals surface area (Å²) in [6.07, 6.45) is 1.21. The lowest BCUT2D eigenvalue weighted by Crippen LogP contribution is -2.38. The number of nitrogens with one attached hydrogen (secondary N) is 1. The second-order valence-corrected chi connectivity index (χ2v) is 8.73. The fraction of sp³-hybridized carbons (Fsp3) is 0.278. The Balaban J connectivity index is 0.00000338. The summed E-state index contributed by atoms with van der Waals surface area (Å²) in [7, 11) is 0.557. The maximum Gasteiger partial charge on any atom is 0.193 e. The van der Waals surface area contributed by atoms with Gasteiger partial charge in [0, 0.05) is 37.9 Å². The van der Waals surface area contributed by atoms with E-state index in [1.54, 1.807) is 19.2 Å². The summed E-state index contributed by atoms with van der Waals surface area (Å²) in [5, 5.41) is 3.29. The first-order chi connectivity index (χ1) is 11.8. The van der Waals surface area contributed by atoms with Crippen LogP contribution in [-0.4, -0.2) is 39.6 Å². The summed E-state index contributed by atoms with van der Waals surface area (Å²) < 4.78 is 24.0. The van der Waals surface area contributed by atoms with E-state index in [0.717, 1.165) is 22.5 Å². The summed E-state index contributed by atoms with van der Waals surface area (Å²) >= 11 is 3.43. The van der Waals surface area contributed by atoms with Gasteiger partial charge in [0.25, 0.3) is 0 Å². The number of rotatable bonds is 5. The maximum absolute atomic E-state index is 11.5. The highest BCUT2D eigenvalue weighted by Gasteiger charge is 2.08. The lowest BCUT2D eigenvalue weighted by atomic mass is 10.2. The lowest BCUT2D eigenvalue weighted by molar-refractivity contribution is 0.476. The van der Waals surface area contributed by atoms with E-state index in [2.05, 4.69) is 38.4 Å². The molecule has 0 atom stereocenters. The first kappa shape index (κ1) is 22.9. The number of halogens is 2. The van der Waals surface area contributed by atoms with Gasteiger partial charge in [-0.05, 0) is 35.4 Å². The molecule has 0 saturated heterocycles. The average molecular weight is 552 g/mol. The summed E-state index contributed by atoms with van der Waals surface area (Å²) in [6, 6.07) is 15.0. The third-order valence-corrected chi connectivity index (χ3v) is 5.37. The fourth-order valence-electron chi connectivity index (χ4n) is 2.36. The molecule has 2 rings (SSSR count). The van der Waals surface area contributed by atoms with Crippen molar-refractivity contribution >= 4 is 55.7 Å². The van der Waals surface area contributed by atoms with Crippen molar-refractivity contribution in [1.82, 2.24) is 10.2 Å². The average Bonchev–Trinajstić information content (AvgIpc) is 2.57. The van der Waals surface area contributed by atoms with Crippen LogP contribution in [0, 0.1) is 0 Å². The van der Waals surface area contributed by atoms with Gasteiger partial charge in [0.15, 0.2) is 15.8 Å². The van der Waals surface area contributed by atoms with E-state index in [-0.39, 0.29) is 24.0 Å². The predicted molar refractivity (Wildman–Crippen MR) is 121 cm³/mol. The van der Waals surface area contributed by atoms with Gasteiger partial charge in [0.05, 0.1) is 4.90 Å². The van der Waals surface area contributed by atoms with E-state index in [1.165, 1.54) is 11.8 Å². The maximum atomic E-state index is 11.5. The van der Waals surface area contributed by atoms with Crippen LogP contribution in [-0.2, 0) is 22.9 Å². The van der Waals surface area contributed by atoms with Gasteiger partial charge < -0.3 is 10.2 Å². The van der Waals surface area contributed by atoms with Gasteiger partial charge in [-0.2, -0.15) is 0 Å². The second-order valence-electron chi connectivity index (χ2n) is 5.80. The number of hydrogen-bond donors (Lipinski definition) is 1. The number of benzene rings is 2. The van der Waals surface area contributed by atoms with Crippen molar-refractivity contribution in [2.45, 2.75) is 18.0 Å². The highest BCUT2D eigenvalue weighted by Crippen LogP contribution is 2.12. The molecule has 0 aliphatic carbocycles. The fourth-order valence-corrected chi connectivity index (χ4v) is 3.25. The molecule has 0 aliphatic heterocycles. The third-order valence-electron chi connectivity index (χ3n) is 3.71. The molecule has 0 bridgehead atoms. The lowest BCUT2D eigenvalue weighted by Gasteiger charge is -2.22. The first-order valence-electron chi connectivity index (χ1n) is 7.75. The van der Waals surface area contributed by atoms with E-state index in [0.29, 0.717) is 11.4 Å². The Morgan fingerprint density at radius 2 is 1.62 bits per heavy atom. The van der Waals surface area contributed by atoms with Gasteiger partial charge >= 0.3 is 0 Å². The summed E-state index contributed by atoms with van der Waals surface area (Å²) in [5.74, 6) is 0.773. The van der Waals surface area contributed by atoms with Crippen LogP contribution in [0.1, 0.15) is 11.1 Å². The van der Waals surface area contributed by atoms with Crippen LogP contribution in [0.4, 0.5) is 0 Å². The van der Waals surface area contributed by atoms with E-state index < -0.39 is 9.84 Å². The molecule has 0 amide bonds. The third kappa shape index (κ3) is 6.88. The van der Waals surface area contributed by atoms with Crippen molar-refractivity contribution in [2.24, 2.45) is 4.99 Å². The molecular formula is C18H23BrIN3O2S. The molecule has 2 aromatic rings. The Kier molecular flexibility index (Phi) is 9.05. The Bertz CT molecular complexity index is 838. The number of nitrogens with zero attached hydrogens (tertiary/aromatic N) is 2. The standard InChI is InChI=1S/C18H22BrN3O2S.HI/c1-20-18(22(2)13-15-4-8-16(19)9-5-15)21-12-14-6-10-17(11-7-14)25(3,23)24;/h4-11H,12-13H2,1-3H3,(H,20,21);1H. The molecule has 5 nitrogen and oxygen atoms in total. The quantitative estimate of drug-likeness (QED) is 0.350. The van der Waals surface area contributed by atoms with Gasteiger partial charge in [-0.3, -0.25) is 4.99 Å². The molecule has 0 heterocycles. The van der Waals surface area contributed by atoms with Crippen LogP contribution in [0.25, 0.3) is 0 Å². The van der Waals surface area contributed by atoms with Crippen molar-refractivity contribution < 1.29 is 8.42 Å². The van der Waals surface area contributed by atoms with Gasteiger partial charge in [0.1, 0.15) is 0 Å². The van der Waals surface area contributed by atoms with Crippen LogP contribution >= 0.6 is 39.9 Å². The van der Waals surface area contributed by atoms with Crippen LogP contribution in [0.15, 0.2) is 62.9 Å². The zero-order chi connectivity index (χ0) is 18.4. The Hall–Kier alpha value is -1.13. The molecule has 2 aromatic carbocycles. The first-order valence-corrected chi connectivity index (χ1v) is 10.4. The molecule has 0 fully saturated rings. The molecule has 0 spiro atoms. The van der Waals surface area contributed by atoms with Gasteiger partial charge in [-0.1, -0.05) is 40.2 Å². The van der Waals surface area contributed by atoms with Crippen molar-refractivity contribution in [3.05, 3.63) is 64.1 Å². The van der Waals surface area contributed by atoms with Gasteiger partial charge in [-0.15, -0.1) is 24.0 Å². The van der Waals surface area contributed by atoms with Crippen LogP contribution in [0.5, 0.6) is 0 Å². The van der Waals surface area contributed by atoms with Crippen LogP contribution in [0.2, 0.25) is 0 Å². The molecule has 0 unspecified atom stereocenters. The minimum atomic E-state index is -3.16. The zero-order valence-corrected chi connectivity index (χ0v) is 19.7. The number of sulfone groups is 1. The molecule has 0 radical (unpaired) electrons. The van der Waals surface area contributed by atoms with E-state index in [1.807, 2.05) is 36.2 Å². The van der Waals surface area contributed by atoms with Crippen molar-refractivity contribution in [1.29, 1.82) is 0 Å². The van der Waals surface area contributed by atoms with Gasteiger partial charge in [-0.25, -0.2) is 8.42 Å². The van der Waals surface area contributed by atoms with E-state index in [4.69, 9.17) is 0 Å². The summed E-state index contributed by atoms with van der Waals surface area (Å²) in [4.78, 5) is 6.66. The molecule has 142 valence electrons. The van der Waals surface area contributed by atoms with Crippen molar-refractivity contribution in [2.75, 3.05) is 20.4 Å². The highest BCUT2D eigenvalue weighted by molar-refractivity contribution is 14.0. The SMILES string of the molecule is CN=C(NCc1ccc(S(C)(=O)=O)cc1)N(C)Cc1ccc(Br)cc1.I. The van der Waals surface area contributed by atoms with Crippen LogP contribution < -0.4 is 5.32 Å². The zero-order valence-electron chi connectivity index (χ0n) is 14.9. The normalized spacial score (nSPS) is 11.6. The summed E-state index contributed by atoms with van der Waals surface area (Å²) in [6.45, 7) is 1.31. The van der Waals surface area contributed by atoms with Crippen molar-refractivity contribution in [3.8, 4) is 0 Å². The molecule has 8 heteroatoms. The monoisotopic (exact) mass is 551 g/mol. The Morgan fingerprint density at radius 3 is 2.12 bits per heavy atom. The summed E-state index contributed by atoms with van der Waals surface area (Å²) in [5.41, 5.74) is 2.18. The smallest absolute Gasteiger partial charge is 0.193 e. The molecule has 26 heavy (non-hydrogen) atoms. The van der Waals surface area contributed by atoms with E-state index >= 15 is 0 Å². The Morgan fingerprint density at radius 1 is 1.08 bits per heavy atom. The topological polar surface area (TPSA) is 61.8 Å². The second kappa shape index (κ2) is 10.3. The van der Waals surface area contributed by atoms with Crippen LogP contribution in [0.3, 0.4) is 0 Å². The molecule has 0 aromatic heterocycles.